The van der Waals surface area contributed by atoms with Gasteiger partial charge in [-0.15, -0.1) is 0 Å². The topological polar surface area (TPSA) is 94.0 Å². The first-order chi connectivity index (χ1) is 8.09. The van der Waals surface area contributed by atoms with E-state index >= 15 is 0 Å². The Bertz CT molecular complexity index is 548. The van der Waals surface area contributed by atoms with E-state index in [0.717, 1.165) is 0 Å². The summed E-state index contributed by atoms with van der Waals surface area (Å²) in [4.78, 5) is 15.1. The number of primary amides is 1. The first-order valence-electron chi connectivity index (χ1n) is 5.08. The minimum absolute atomic E-state index is 0.159. The maximum absolute atomic E-state index is 10.9. The molecule has 0 aliphatic heterocycles. The quantitative estimate of drug-likeness (QED) is 0.801. The highest BCUT2D eigenvalue weighted by atomic mass is 16.3. The molecule has 6 heteroatoms. The van der Waals surface area contributed by atoms with Crippen LogP contribution in [0.4, 0.5) is 0 Å². The Morgan fingerprint density at radius 2 is 2.29 bits per heavy atom. The minimum Gasteiger partial charge on any atom is -0.389 e. The van der Waals surface area contributed by atoms with Gasteiger partial charge in [-0.2, -0.15) is 5.10 Å². The molecule has 1 atom stereocenters. The number of pyridine rings is 1. The molecule has 0 aromatic carbocycles. The molecular formula is C11H12N4O2. The number of hydrogen-bond acceptors (Lipinski definition) is 4. The fraction of sp³-hybridized carbons (Fsp3) is 0.182. The Labute approximate surface area is 97.7 Å². The summed E-state index contributed by atoms with van der Waals surface area (Å²) in [6.07, 6.45) is 2.50. The third kappa shape index (κ3) is 2.16. The van der Waals surface area contributed by atoms with E-state index < -0.39 is 12.0 Å². The summed E-state index contributed by atoms with van der Waals surface area (Å²) < 4.78 is 1.42. The number of aliphatic hydroxyl groups is 1. The fourth-order valence-electron chi connectivity index (χ4n) is 1.50. The molecule has 2 heterocycles. The largest absolute Gasteiger partial charge is 0.389 e. The molecule has 2 rings (SSSR count). The van der Waals surface area contributed by atoms with Gasteiger partial charge in [-0.05, 0) is 19.1 Å². The summed E-state index contributed by atoms with van der Waals surface area (Å²) in [6.45, 7) is 1.64. The molecule has 17 heavy (non-hydrogen) atoms. The standard InChI is InChI=1S/C11H12N4O2/c1-7(16)8-3-2-5-13-11(8)15-6-4-9(14-15)10(12)17/h2-7,16H,1H3,(H2,12,17). The van der Waals surface area contributed by atoms with Crippen LogP contribution < -0.4 is 5.73 Å². The van der Waals surface area contributed by atoms with Crippen molar-refractivity contribution in [2.75, 3.05) is 0 Å². The number of aromatic nitrogens is 3. The molecular weight excluding hydrogens is 220 g/mol. The maximum atomic E-state index is 10.9. The van der Waals surface area contributed by atoms with Crippen LogP contribution in [0, 0.1) is 0 Å². The molecule has 2 aromatic rings. The number of nitrogens with zero attached hydrogens (tertiary/aromatic N) is 3. The monoisotopic (exact) mass is 232 g/mol. The second kappa shape index (κ2) is 4.34. The van der Waals surface area contributed by atoms with Gasteiger partial charge in [0.25, 0.3) is 5.91 Å². The van der Waals surface area contributed by atoms with Crippen molar-refractivity contribution in [2.24, 2.45) is 5.73 Å². The van der Waals surface area contributed by atoms with Crippen molar-refractivity contribution in [2.45, 2.75) is 13.0 Å². The SMILES string of the molecule is CC(O)c1cccnc1-n1ccc(C(N)=O)n1. The van der Waals surface area contributed by atoms with E-state index in [-0.39, 0.29) is 5.69 Å². The first kappa shape index (κ1) is 11.3. The summed E-state index contributed by atoms with van der Waals surface area (Å²) in [7, 11) is 0. The highest BCUT2D eigenvalue weighted by molar-refractivity contribution is 5.90. The summed E-state index contributed by atoms with van der Waals surface area (Å²) in [5.41, 5.74) is 5.91. The normalized spacial score (nSPS) is 12.4. The lowest BCUT2D eigenvalue weighted by Crippen LogP contribution is -2.13. The number of amides is 1. The van der Waals surface area contributed by atoms with E-state index in [2.05, 4.69) is 10.1 Å². The van der Waals surface area contributed by atoms with Crippen molar-refractivity contribution >= 4 is 5.91 Å². The van der Waals surface area contributed by atoms with Crippen LogP contribution in [0.25, 0.3) is 5.82 Å². The summed E-state index contributed by atoms with van der Waals surface area (Å²) >= 11 is 0. The molecule has 3 N–H and O–H groups in total. The lowest BCUT2D eigenvalue weighted by atomic mass is 10.1. The van der Waals surface area contributed by atoms with Gasteiger partial charge in [-0.25, -0.2) is 9.67 Å². The highest BCUT2D eigenvalue weighted by Gasteiger charge is 2.12. The van der Waals surface area contributed by atoms with Gasteiger partial charge in [-0.3, -0.25) is 4.79 Å². The van der Waals surface area contributed by atoms with E-state index in [0.29, 0.717) is 11.4 Å². The smallest absolute Gasteiger partial charge is 0.269 e. The van der Waals surface area contributed by atoms with Crippen LogP contribution in [0.15, 0.2) is 30.6 Å². The lowest BCUT2D eigenvalue weighted by Gasteiger charge is -2.09. The molecule has 1 unspecified atom stereocenters. The molecule has 0 bridgehead atoms. The first-order valence-corrected chi connectivity index (χ1v) is 5.08. The van der Waals surface area contributed by atoms with E-state index in [9.17, 15) is 9.90 Å². The second-order valence-electron chi connectivity index (χ2n) is 3.60. The van der Waals surface area contributed by atoms with Gasteiger partial charge in [0.1, 0.15) is 5.69 Å². The van der Waals surface area contributed by atoms with Gasteiger partial charge in [0.05, 0.1) is 6.10 Å². The molecule has 0 aliphatic carbocycles. The van der Waals surface area contributed by atoms with E-state index in [4.69, 9.17) is 5.73 Å². The van der Waals surface area contributed by atoms with Crippen LogP contribution >= 0.6 is 0 Å². The average molecular weight is 232 g/mol. The zero-order chi connectivity index (χ0) is 12.4. The van der Waals surface area contributed by atoms with Crippen LogP contribution in [-0.2, 0) is 0 Å². The lowest BCUT2D eigenvalue weighted by molar-refractivity contribution is 0.0995. The van der Waals surface area contributed by atoms with Crippen molar-refractivity contribution in [3.8, 4) is 5.82 Å². The number of carbonyl (C=O) groups excluding carboxylic acids is 1. The summed E-state index contributed by atoms with van der Waals surface area (Å²) in [6, 6.07) is 4.98. The molecule has 1 amide bonds. The van der Waals surface area contributed by atoms with Crippen molar-refractivity contribution < 1.29 is 9.90 Å². The van der Waals surface area contributed by atoms with Gasteiger partial charge >= 0.3 is 0 Å². The molecule has 0 fully saturated rings. The maximum Gasteiger partial charge on any atom is 0.269 e. The van der Waals surface area contributed by atoms with Crippen molar-refractivity contribution in [1.82, 2.24) is 14.8 Å². The van der Waals surface area contributed by atoms with E-state index in [1.807, 2.05) is 0 Å². The molecule has 0 saturated carbocycles. The van der Waals surface area contributed by atoms with Gasteiger partial charge in [0.2, 0.25) is 0 Å². The van der Waals surface area contributed by atoms with E-state index in [1.165, 1.54) is 10.7 Å². The number of hydrogen-bond donors (Lipinski definition) is 2. The Balaban J connectivity index is 2.48. The predicted molar refractivity (Wildman–Crippen MR) is 60.5 cm³/mol. The number of aliphatic hydroxyl groups excluding tert-OH is 1. The number of carbonyl (C=O) groups is 1. The van der Waals surface area contributed by atoms with Gasteiger partial charge in [-0.1, -0.05) is 6.07 Å². The zero-order valence-corrected chi connectivity index (χ0v) is 9.24. The highest BCUT2D eigenvalue weighted by Crippen LogP contribution is 2.18. The third-order valence-electron chi connectivity index (χ3n) is 2.33. The van der Waals surface area contributed by atoms with Crippen LogP contribution in [0.2, 0.25) is 0 Å². The molecule has 0 saturated heterocycles. The Morgan fingerprint density at radius 3 is 2.88 bits per heavy atom. The Morgan fingerprint density at radius 1 is 1.53 bits per heavy atom. The van der Waals surface area contributed by atoms with Gasteiger partial charge in [0.15, 0.2) is 5.82 Å². The molecule has 0 aliphatic rings. The van der Waals surface area contributed by atoms with Crippen molar-refractivity contribution in [3.05, 3.63) is 41.9 Å². The number of rotatable bonds is 3. The summed E-state index contributed by atoms with van der Waals surface area (Å²) in [5, 5.41) is 13.6. The van der Waals surface area contributed by atoms with Gasteiger partial charge in [0, 0.05) is 18.0 Å². The fourth-order valence-corrected chi connectivity index (χ4v) is 1.50. The van der Waals surface area contributed by atoms with Crippen molar-refractivity contribution in [1.29, 1.82) is 0 Å². The predicted octanol–water partition coefficient (Wildman–Crippen LogP) is 0.420. The average Bonchev–Trinajstić information content (AvgIpc) is 2.78. The second-order valence-corrected chi connectivity index (χ2v) is 3.60. The molecule has 0 spiro atoms. The van der Waals surface area contributed by atoms with Crippen molar-refractivity contribution in [3.63, 3.8) is 0 Å². The minimum atomic E-state index is -0.667. The third-order valence-corrected chi connectivity index (χ3v) is 2.33. The van der Waals surface area contributed by atoms with Gasteiger partial charge < -0.3 is 10.8 Å². The molecule has 2 aromatic heterocycles. The summed E-state index contributed by atoms with van der Waals surface area (Å²) in [5.74, 6) is -0.117. The molecule has 88 valence electrons. The van der Waals surface area contributed by atoms with Crippen LogP contribution in [0.3, 0.4) is 0 Å². The van der Waals surface area contributed by atoms with E-state index in [1.54, 1.807) is 31.5 Å². The molecule has 6 nitrogen and oxygen atoms in total. The van der Waals surface area contributed by atoms with Crippen LogP contribution in [0.5, 0.6) is 0 Å². The Kier molecular flexibility index (Phi) is 2.88. The zero-order valence-electron chi connectivity index (χ0n) is 9.24. The number of nitrogens with two attached hydrogens (primary N) is 1. The Hall–Kier alpha value is -2.21. The molecule has 0 radical (unpaired) electrons. The van der Waals surface area contributed by atoms with Crippen LogP contribution in [-0.4, -0.2) is 25.8 Å². The van der Waals surface area contributed by atoms with Crippen LogP contribution in [0.1, 0.15) is 29.1 Å².